The molecule has 1 heteroatoms. The molecule has 0 N–H and O–H groups in total. The molecular formula is C12H19Cl. The van der Waals surface area contributed by atoms with Crippen molar-refractivity contribution >= 4 is 11.6 Å². The van der Waals surface area contributed by atoms with Crippen molar-refractivity contribution in [3.63, 3.8) is 0 Å². The molecule has 1 rings (SSSR count). The van der Waals surface area contributed by atoms with Crippen molar-refractivity contribution in [2.45, 2.75) is 50.3 Å². The number of alkyl halides is 1. The van der Waals surface area contributed by atoms with Crippen LogP contribution in [0.1, 0.15) is 44.9 Å². The van der Waals surface area contributed by atoms with Crippen molar-refractivity contribution in [1.82, 2.24) is 0 Å². The molecule has 74 valence electrons. The fraction of sp³-hybridized carbons (Fsp3) is 0.667. The van der Waals surface area contributed by atoms with Crippen LogP contribution in [-0.4, -0.2) is 5.38 Å². The Labute approximate surface area is 86.7 Å². The van der Waals surface area contributed by atoms with Gasteiger partial charge in [0.1, 0.15) is 0 Å². The van der Waals surface area contributed by atoms with Crippen molar-refractivity contribution < 1.29 is 0 Å². The number of unbranched alkanes of at least 4 members (excludes halogenated alkanes) is 1. The lowest BCUT2D eigenvalue weighted by molar-refractivity contribution is 0.697. The molecule has 0 nitrogen and oxygen atoms in total. The molecule has 0 bridgehead atoms. The zero-order valence-corrected chi connectivity index (χ0v) is 9.02. The maximum absolute atomic E-state index is 6.13. The summed E-state index contributed by atoms with van der Waals surface area (Å²) in [5, 5.41) is 0.293. The Morgan fingerprint density at radius 2 is 2.38 bits per heavy atom. The van der Waals surface area contributed by atoms with Crippen LogP contribution in [0.2, 0.25) is 0 Å². The zero-order chi connectivity index (χ0) is 9.52. The Kier molecular flexibility index (Phi) is 5.22. The van der Waals surface area contributed by atoms with Gasteiger partial charge in [0.15, 0.2) is 0 Å². The molecule has 0 aromatic heterocycles. The Hall–Kier alpha value is -0.230. The molecule has 1 atom stereocenters. The lowest BCUT2D eigenvalue weighted by atomic mass is 10.0. The summed E-state index contributed by atoms with van der Waals surface area (Å²) in [5.41, 5.74) is 1.57. The third-order valence-electron chi connectivity index (χ3n) is 2.55. The highest BCUT2D eigenvalue weighted by atomic mass is 35.5. The smallest absolute Gasteiger partial charge is 0.0518 e. The molecule has 0 saturated heterocycles. The summed E-state index contributed by atoms with van der Waals surface area (Å²) in [4.78, 5) is 0. The van der Waals surface area contributed by atoms with Crippen molar-refractivity contribution in [1.29, 1.82) is 0 Å². The second-order valence-corrected chi connectivity index (χ2v) is 4.33. The molecule has 1 aliphatic carbocycles. The first kappa shape index (κ1) is 10.8. The van der Waals surface area contributed by atoms with E-state index in [1.807, 2.05) is 6.08 Å². The third kappa shape index (κ3) is 4.52. The van der Waals surface area contributed by atoms with E-state index in [-0.39, 0.29) is 0 Å². The monoisotopic (exact) mass is 198 g/mol. The first-order chi connectivity index (χ1) is 6.33. The summed E-state index contributed by atoms with van der Waals surface area (Å²) in [5.74, 6) is 0. The highest BCUT2D eigenvalue weighted by molar-refractivity contribution is 6.21. The van der Waals surface area contributed by atoms with E-state index in [0.717, 1.165) is 12.8 Å². The van der Waals surface area contributed by atoms with Gasteiger partial charge in [-0.2, -0.15) is 0 Å². The molecule has 0 fully saturated rings. The maximum atomic E-state index is 6.13. The second-order valence-electron chi connectivity index (χ2n) is 3.77. The van der Waals surface area contributed by atoms with Gasteiger partial charge in [0.25, 0.3) is 0 Å². The number of allylic oxidation sites excluding steroid dienone is 3. The Balaban J connectivity index is 2.32. The van der Waals surface area contributed by atoms with Crippen LogP contribution in [0.5, 0.6) is 0 Å². The average molecular weight is 199 g/mol. The average Bonchev–Trinajstić information content (AvgIpc) is 2.31. The molecule has 0 heterocycles. The van der Waals surface area contributed by atoms with Crippen molar-refractivity contribution in [2.24, 2.45) is 0 Å². The molecule has 13 heavy (non-hydrogen) atoms. The van der Waals surface area contributed by atoms with Crippen LogP contribution < -0.4 is 0 Å². The first-order valence-electron chi connectivity index (χ1n) is 5.27. The number of halogens is 1. The normalized spacial score (nSPS) is 23.5. The van der Waals surface area contributed by atoms with Gasteiger partial charge >= 0.3 is 0 Å². The number of rotatable bonds is 4. The van der Waals surface area contributed by atoms with E-state index in [1.165, 1.54) is 32.1 Å². The van der Waals surface area contributed by atoms with Crippen LogP contribution in [0.25, 0.3) is 0 Å². The van der Waals surface area contributed by atoms with E-state index < -0.39 is 0 Å². The zero-order valence-electron chi connectivity index (χ0n) is 8.27. The van der Waals surface area contributed by atoms with Crippen LogP contribution in [0, 0.1) is 0 Å². The van der Waals surface area contributed by atoms with Gasteiger partial charge in [-0.05, 0) is 38.5 Å². The second kappa shape index (κ2) is 6.26. The lowest BCUT2D eigenvalue weighted by Crippen LogP contribution is -1.91. The molecule has 0 aromatic rings. The minimum Gasteiger partial charge on any atom is -0.118 e. The Morgan fingerprint density at radius 3 is 3.15 bits per heavy atom. The van der Waals surface area contributed by atoms with Gasteiger partial charge in [0.05, 0.1) is 5.38 Å². The highest BCUT2D eigenvalue weighted by Gasteiger charge is 2.08. The van der Waals surface area contributed by atoms with Gasteiger partial charge in [-0.15, -0.1) is 18.2 Å². The molecule has 1 aliphatic rings. The van der Waals surface area contributed by atoms with E-state index in [0.29, 0.717) is 5.38 Å². The van der Waals surface area contributed by atoms with Gasteiger partial charge in [0.2, 0.25) is 0 Å². The summed E-state index contributed by atoms with van der Waals surface area (Å²) < 4.78 is 0. The van der Waals surface area contributed by atoms with Crippen molar-refractivity contribution in [2.75, 3.05) is 0 Å². The largest absolute Gasteiger partial charge is 0.118 e. The van der Waals surface area contributed by atoms with Crippen molar-refractivity contribution in [3.05, 3.63) is 24.3 Å². The summed E-state index contributed by atoms with van der Waals surface area (Å²) >= 11 is 6.13. The molecule has 0 aliphatic heterocycles. The minimum atomic E-state index is 0.293. The van der Waals surface area contributed by atoms with Crippen LogP contribution in [0.4, 0.5) is 0 Å². The SMILES string of the molecule is C=CCCCC1=CC(Cl)CCCC1. The molecule has 1 unspecified atom stereocenters. The van der Waals surface area contributed by atoms with Gasteiger partial charge < -0.3 is 0 Å². The molecule has 0 saturated carbocycles. The number of hydrogen-bond donors (Lipinski definition) is 0. The topological polar surface area (TPSA) is 0 Å². The quantitative estimate of drug-likeness (QED) is 0.356. The molecule has 0 aromatic carbocycles. The Morgan fingerprint density at radius 1 is 1.54 bits per heavy atom. The van der Waals surface area contributed by atoms with E-state index >= 15 is 0 Å². The predicted octanol–water partition coefficient (Wildman–Crippen LogP) is 4.45. The Bertz CT molecular complexity index is 182. The van der Waals surface area contributed by atoms with Crippen LogP contribution in [0.3, 0.4) is 0 Å². The first-order valence-corrected chi connectivity index (χ1v) is 5.71. The van der Waals surface area contributed by atoms with E-state index in [9.17, 15) is 0 Å². The molecule has 0 radical (unpaired) electrons. The molecular weight excluding hydrogens is 180 g/mol. The standard InChI is InChI=1S/C12H19Cl/c1-2-3-4-7-11-8-5-6-9-12(13)10-11/h2,10,12H,1,3-9H2. The van der Waals surface area contributed by atoms with Gasteiger partial charge in [-0.1, -0.05) is 24.1 Å². The predicted molar refractivity (Wildman–Crippen MR) is 60.2 cm³/mol. The van der Waals surface area contributed by atoms with E-state index in [4.69, 9.17) is 11.6 Å². The molecule has 0 amide bonds. The van der Waals surface area contributed by atoms with Crippen molar-refractivity contribution in [3.8, 4) is 0 Å². The molecule has 0 spiro atoms. The lowest BCUT2D eigenvalue weighted by Gasteiger charge is -2.04. The summed E-state index contributed by atoms with van der Waals surface area (Å²) in [6.07, 6.45) is 12.9. The van der Waals surface area contributed by atoms with Gasteiger partial charge in [-0.3, -0.25) is 0 Å². The summed E-state index contributed by atoms with van der Waals surface area (Å²) in [6.45, 7) is 3.73. The van der Waals surface area contributed by atoms with E-state index in [1.54, 1.807) is 5.57 Å². The maximum Gasteiger partial charge on any atom is 0.0518 e. The fourth-order valence-electron chi connectivity index (χ4n) is 1.80. The highest BCUT2D eigenvalue weighted by Crippen LogP contribution is 2.24. The minimum absolute atomic E-state index is 0.293. The van der Waals surface area contributed by atoms with E-state index in [2.05, 4.69) is 12.7 Å². The third-order valence-corrected chi connectivity index (χ3v) is 2.89. The summed E-state index contributed by atoms with van der Waals surface area (Å²) in [6, 6.07) is 0. The van der Waals surface area contributed by atoms with Gasteiger partial charge in [0, 0.05) is 0 Å². The van der Waals surface area contributed by atoms with Crippen LogP contribution in [0.15, 0.2) is 24.3 Å². The fourth-order valence-corrected chi connectivity index (χ4v) is 2.13. The number of hydrogen-bond acceptors (Lipinski definition) is 0. The van der Waals surface area contributed by atoms with Crippen LogP contribution in [-0.2, 0) is 0 Å². The van der Waals surface area contributed by atoms with Gasteiger partial charge in [-0.25, -0.2) is 0 Å². The summed E-state index contributed by atoms with van der Waals surface area (Å²) in [7, 11) is 0. The van der Waals surface area contributed by atoms with Crippen LogP contribution >= 0.6 is 11.6 Å².